The van der Waals surface area contributed by atoms with Gasteiger partial charge in [-0.2, -0.15) is 0 Å². The van der Waals surface area contributed by atoms with Crippen LogP contribution >= 0.6 is 0 Å². The Kier molecular flexibility index (Phi) is 7.25. The first kappa shape index (κ1) is 15.8. The first-order valence-corrected chi connectivity index (χ1v) is 6.86. The second-order valence-electron chi connectivity index (χ2n) is 5.04. The smallest absolute Gasteiger partial charge is 0.0697 e. The fourth-order valence-corrected chi connectivity index (χ4v) is 1.81. The molecule has 2 N–H and O–H groups in total. The summed E-state index contributed by atoms with van der Waals surface area (Å²) >= 11 is 0. The van der Waals surface area contributed by atoms with Gasteiger partial charge in [-0.3, -0.25) is 0 Å². The fraction of sp³-hybridized carbons (Fsp3) is 0.471. The van der Waals surface area contributed by atoms with E-state index in [2.05, 4.69) is 50.1 Å². The lowest BCUT2D eigenvalue weighted by Crippen LogP contribution is -2.40. The van der Waals surface area contributed by atoms with Crippen molar-refractivity contribution in [2.75, 3.05) is 6.54 Å². The Labute approximate surface area is 117 Å². The molecule has 0 bridgehead atoms. The van der Waals surface area contributed by atoms with E-state index in [1.807, 2.05) is 18.2 Å². The third-order valence-electron chi connectivity index (χ3n) is 2.81. The van der Waals surface area contributed by atoms with Gasteiger partial charge >= 0.3 is 0 Å². The Balaban J connectivity index is 2.40. The molecule has 0 heterocycles. The summed E-state index contributed by atoms with van der Waals surface area (Å²) in [6.07, 6.45) is 0.970. The van der Waals surface area contributed by atoms with Crippen LogP contribution < -0.4 is 5.32 Å². The lowest BCUT2D eigenvalue weighted by atomic mass is 10.0. The molecule has 2 unspecified atom stereocenters. The SMILES string of the molecule is [CH2]C(O)C(Cc1ccccc1)NCCC#CC(C)C. The van der Waals surface area contributed by atoms with Gasteiger partial charge in [-0.1, -0.05) is 44.2 Å². The summed E-state index contributed by atoms with van der Waals surface area (Å²) in [5.41, 5.74) is 1.20. The molecule has 0 fully saturated rings. The highest BCUT2D eigenvalue weighted by atomic mass is 16.3. The van der Waals surface area contributed by atoms with Crippen molar-refractivity contribution in [3.63, 3.8) is 0 Å². The van der Waals surface area contributed by atoms with Gasteiger partial charge < -0.3 is 10.4 Å². The lowest BCUT2D eigenvalue weighted by Gasteiger charge is -2.21. The van der Waals surface area contributed by atoms with E-state index in [9.17, 15) is 5.11 Å². The molecule has 2 heteroatoms. The summed E-state index contributed by atoms with van der Waals surface area (Å²) in [5.74, 6) is 6.67. The van der Waals surface area contributed by atoms with Crippen LogP contribution in [0.25, 0.3) is 0 Å². The molecule has 0 aliphatic heterocycles. The van der Waals surface area contributed by atoms with E-state index in [0.29, 0.717) is 5.92 Å². The first-order chi connectivity index (χ1) is 9.09. The molecule has 1 aromatic rings. The second-order valence-corrected chi connectivity index (χ2v) is 5.04. The summed E-state index contributed by atoms with van der Waals surface area (Å²) in [4.78, 5) is 0. The molecule has 1 aromatic carbocycles. The number of nitrogens with one attached hydrogen (secondary N) is 1. The molecule has 0 spiro atoms. The van der Waals surface area contributed by atoms with Crippen LogP contribution in [0.1, 0.15) is 25.8 Å². The highest BCUT2D eigenvalue weighted by Crippen LogP contribution is 2.06. The van der Waals surface area contributed by atoms with Gasteiger partial charge in [0, 0.05) is 24.9 Å². The van der Waals surface area contributed by atoms with Gasteiger partial charge in [-0.15, -0.1) is 11.8 Å². The van der Waals surface area contributed by atoms with E-state index >= 15 is 0 Å². The summed E-state index contributed by atoms with van der Waals surface area (Å²) in [6, 6.07) is 10.1. The molecule has 2 atom stereocenters. The quantitative estimate of drug-likeness (QED) is 0.607. The minimum Gasteiger partial charge on any atom is -0.391 e. The van der Waals surface area contributed by atoms with Crippen LogP contribution in [0.5, 0.6) is 0 Å². The van der Waals surface area contributed by atoms with E-state index in [4.69, 9.17) is 0 Å². The lowest BCUT2D eigenvalue weighted by molar-refractivity contribution is 0.169. The summed E-state index contributed by atoms with van der Waals surface area (Å²) < 4.78 is 0. The van der Waals surface area contributed by atoms with Crippen molar-refractivity contribution >= 4 is 0 Å². The Morgan fingerprint density at radius 2 is 1.95 bits per heavy atom. The third-order valence-corrected chi connectivity index (χ3v) is 2.81. The average Bonchev–Trinajstić information content (AvgIpc) is 2.37. The molecule has 0 amide bonds. The maximum atomic E-state index is 9.71. The van der Waals surface area contributed by atoms with Crippen LogP contribution in [0.2, 0.25) is 0 Å². The molecule has 1 radical (unpaired) electrons. The zero-order chi connectivity index (χ0) is 14.1. The summed E-state index contributed by atoms with van der Waals surface area (Å²) in [6.45, 7) is 8.66. The van der Waals surface area contributed by atoms with Gasteiger partial charge in [-0.25, -0.2) is 0 Å². The highest BCUT2D eigenvalue weighted by Gasteiger charge is 2.14. The van der Waals surface area contributed by atoms with E-state index in [1.54, 1.807) is 0 Å². The maximum absolute atomic E-state index is 9.71. The van der Waals surface area contributed by atoms with Crippen LogP contribution in [0.3, 0.4) is 0 Å². The van der Waals surface area contributed by atoms with Crippen molar-refractivity contribution in [3.8, 4) is 11.8 Å². The molecule has 0 saturated heterocycles. The molecule has 0 aromatic heterocycles. The van der Waals surface area contributed by atoms with Crippen molar-refractivity contribution in [1.82, 2.24) is 5.32 Å². The summed E-state index contributed by atoms with van der Waals surface area (Å²) in [5, 5.41) is 13.0. The van der Waals surface area contributed by atoms with E-state index in [-0.39, 0.29) is 6.04 Å². The number of hydrogen-bond donors (Lipinski definition) is 2. The van der Waals surface area contributed by atoms with Crippen LogP contribution in [0, 0.1) is 24.7 Å². The van der Waals surface area contributed by atoms with Crippen LogP contribution in [0.4, 0.5) is 0 Å². The number of hydrogen-bond acceptors (Lipinski definition) is 2. The monoisotopic (exact) mass is 258 g/mol. The Morgan fingerprint density at radius 3 is 2.53 bits per heavy atom. The second kappa shape index (κ2) is 8.74. The minimum atomic E-state index is -0.613. The van der Waals surface area contributed by atoms with Crippen molar-refractivity contribution in [3.05, 3.63) is 42.8 Å². The average molecular weight is 258 g/mol. The zero-order valence-electron chi connectivity index (χ0n) is 11.9. The molecule has 19 heavy (non-hydrogen) atoms. The van der Waals surface area contributed by atoms with Gasteiger partial charge in [0.2, 0.25) is 0 Å². The largest absolute Gasteiger partial charge is 0.391 e. The Bertz CT molecular complexity index is 400. The van der Waals surface area contributed by atoms with E-state index < -0.39 is 6.10 Å². The van der Waals surface area contributed by atoms with Gasteiger partial charge in [0.05, 0.1) is 6.10 Å². The molecule has 0 aliphatic carbocycles. The predicted molar refractivity (Wildman–Crippen MR) is 80.5 cm³/mol. The molecule has 103 valence electrons. The number of aliphatic hydroxyl groups excluding tert-OH is 1. The van der Waals surface area contributed by atoms with Gasteiger partial charge in [0.25, 0.3) is 0 Å². The Hall–Kier alpha value is -1.30. The van der Waals surface area contributed by atoms with Gasteiger partial charge in [-0.05, 0) is 18.9 Å². The number of benzene rings is 1. The highest BCUT2D eigenvalue weighted by molar-refractivity contribution is 5.16. The van der Waals surface area contributed by atoms with E-state index in [0.717, 1.165) is 19.4 Å². The number of rotatable bonds is 6. The van der Waals surface area contributed by atoms with Crippen LogP contribution in [-0.2, 0) is 6.42 Å². The van der Waals surface area contributed by atoms with Gasteiger partial charge in [0.1, 0.15) is 0 Å². The molecule has 0 saturated carbocycles. The third kappa shape index (κ3) is 7.00. The molecular formula is C17H24NO. The molecule has 0 aliphatic rings. The standard InChI is InChI=1S/C17H24NO/c1-14(2)9-7-8-12-18-17(15(3)19)13-16-10-5-4-6-11-16/h4-6,10-11,14-15,17-19H,3,8,12-13H2,1-2H3. The first-order valence-electron chi connectivity index (χ1n) is 6.86. The minimum absolute atomic E-state index is 0.0248. The van der Waals surface area contributed by atoms with Crippen molar-refractivity contribution < 1.29 is 5.11 Å². The van der Waals surface area contributed by atoms with E-state index in [1.165, 1.54) is 5.56 Å². The molecule has 1 rings (SSSR count). The van der Waals surface area contributed by atoms with Crippen molar-refractivity contribution in [2.45, 2.75) is 38.8 Å². The number of aliphatic hydroxyl groups is 1. The van der Waals surface area contributed by atoms with Crippen molar-refractivity contribution in [2.24, 2.45) is 5.92 Å². The summed E-state index contributed by atoms with van der Waals surface area (Å²) in [7, 11) is 0. The Morgan fingerprint density at radius 1 is 1.26 bits per heavy atom. The van der Waals surface area contributed by atoms with Gasteiger partial charge in [0.15, 0.2) is 0 Å². The fourth-order valence-electron chi connectivity index (χ4n) is 1.81. The maximum Gasteiger partial charge on any atom is 0.0697 e. The predicted octanol–water partition coefficient (Wildman–Crippen LogP) is 2.43. The van der Waals surface area contributed by atoms with Crippen LogP contribution in [0.15, 0.2) is 30.3 Å². The van der Waals surface area contributed by atoms with Crippen LogP contribution in [-0.4, -0.2) is 23.8 Å². The molecular weight excluding hydrogens is 234 g/mol. The normalized spacial score (nSPS) is 13.7. The molecule has 2 nitrogen and oxygen atoms in total. The zero-order valence-corrected chi connectivity index (χ0v) is 11.9. The van der Waals surface area contributed by atoms with Crippen molar-refractivity contribution in [1.29, 1.82) is 0 Å². The topological polar surface area (TPSA) is 32.3 Å².